The van der Waals surface area contributed by atoms with Crippen LogP contribution in [0.15, 0.2) is 58.3 Å². The minimum absolute atomic E-state index is 0.0858. The lowest BCUT2D eigenvalue weighted by Crippen LogP contribution is -2.30. The van der Waals surface area contributed by atoms with Crippen LogP contribution >= 0.6 is 0 Å². The van der Waals surface area contributed by atoms with Crippen LogP contribution in [0.4, 0.5) is 5.69 Å². The van der Waals surface area contributed by atoms with Gasteiger partial charge in [0.2, 0.25) is 20.0 Å². The van der Waals surface area contributed by atoms with Crippen molar-refractivity contribution in [3.63, 3.8) is 0 Å². The van der Waals surface area contributed by atoms with Gasteiger partial charge in [-0.1, -0.05) is 19.9 Å². The third-order valence-corrected chi connectivity index (χ3v) is 9.21. The molecule has 8 nitrogen and oxygen atoms in total. The van der Waals surface area contributed by atoms with E-state index in [0.29, 0.717) is 31.9 Å². The average Bonchev–Trinajstić information content (AvgIpc) is 3.31. The molecule has 0 unspecified atom stereocenters. The van der Waals surface area contributed by atoms with Crippen LogP contribution in [0.5, 0.6) is 0 Å². The summed E-state index contributed by atoms with van der Waals surface area (Å²) in [7, 11) is -7.20. The summed E-state index contributed by atoms with van der Waals surface area (Å²) in [6, 6.07) is 11.8. The Bertz CT molecular complexity index is 1140. The SMILES string of the molecule is CCN(CC)S(=O)(=O)c1ccc(NC(=O)c2cccc(S(=O)(=O)N3CCCC3)c2)cc1. The molecule has 0 atom stereocenters. The highest BCUT2D eigenvalue weighted by Crippen LogP contribution is 2.23. The van der Waals surface area contributed by atoms with E-state index >= 15 is 0 Å². The molecule has 2 aromatic rings. The summed E-state index contributed by atoms with van der Waals surface area (Å²) in [4.78, 5) is 12.9. The number of nitrogens with one attached hydrogen (secondary N) is 1. The molecular weight excluding hydrogens is 438 g/mol. The molecule has 31 heavy (non-hydrogen) atoms. The number of nitrogens with zero attached hydrogens (tertiary/aromatic N) is 2. The zero-order chi connectivity index (χ0) is 22.6. The Balaban J connectivity index is 1.76. The van der Waals surface area contributed by atoms with Gasteiger partial charge in [-0.2, -0.15) is 8.61 Å². The number of carbonyl (C=O) groups is 1. The van der Waals surface area contributed by atoms with Gasteiger partial charge in [-0.25, -0.2) is 16.8 Å². The van der Waals surface area contributed by atoms with Crippen LogP contribution in [-0.4, -0.2) is 57.5 Å². The fraction of sp³-hybridized carbons (Fsp3) is 0.381. The van der Waals surface area contributed by atoms with Crippen molar-refractivity contribution in [2.75, 3.05) is 31.5 Å². The number of rotatable bonds is 8. The quantitative estimate of drug-likeness (QED) is 0.646. The van der Waals surface area contributed by atoms with Crippen molar-refractivity contribution >= 4 is 31.6 Å². The topological polar surface area (TPSA) is 104 Å². The number of carbonyl (C=O) groups excluding carboxylic acids is 1. The zero-order valence-electron chi connectivity index (χ0n) is 17.6. The highest BCUT2D eigenvalue weighted by molar-refractivity contribution is 7.89. The molecule has 1 amide bonds. The smallest absolute Gasteiger partial charge is 0.255 e. The van der Waals surface area contributed by atoms with E-state index in [0.717, 1.165) is 12.8 Å². The molecule has 0 bridgehead atoms. The van der Waals surface area contributed by atoms with Crippen molar-refractivity contribution in [1.29, 1.82) is 0 Å². The largest absolute Gasteiger partial charge is 0.322 e. The Labute approximate surface area is 184 Å². The van der Waals surface area contributed by atoms with Crippen LogP contribution < -0.4 is 5.32 Å². The Morgan fingerprint density at radius 2 is 1.55 bits per heavy atom. The number of sulfonamides is 2. The molecule has 1 heterocycles. The lowest BCUT2D eigenvalue weighted by molar-refractivity contribution is 0.102. The van der Waals surface area contributed by atoms with E-state index in [1.165, 1.54) is 57.1 Å². The lowest BCUT2D eigenvalue weighted by Gasteiger charge is -2.18. The van der Waals surface area contributed by atoms with Crippen LogP contribution in [0.1, 0.15) is 37.0 Å². The minimum atomic E-state index is -3.62. The third-order valence-electron chi connectivity index (χ3n) is 5.25. The summed E-state index contributed by atoms with van der Waals surface area (Å²) in [6.07, 6.45) is 1.67. The first kappa shape index (κ1) is 23.4. The molecule has 168 valence electrons. The van der Waals surface area contributed by atoms with Crippen LogP contribution in [0, 0.1) is 0 Å². The summed E-state index contributed by atoms with van der Waals surface area (Å²) in [5.74, 6) is -0.474. The van der Waals surface area contributed by atoms with Crippen LogP contribution in [0.2, 0.25) is 0 Å². The summed E-state index contributed by atoms with van der Waals surface area (Å²) >= 11 is 0. The van der Waals surface area contributed by atoms with Crippen LogP contribution in [0.3, 0.4) is 0 Å². The highest BCUT2D eigenvalue weighted by Gasteiger charge is 2.27. The van der Waals surface area contributed by atoms with Crippen LogP contribution in [-0.2, 0) is 20.0 Å². The summed E-state index contributed by atoms with van der Waals surface area (Å²) in [5, 5.41) is 2.69. The summed E-state index contributed by atoms with van der Waals surface area (Å²) < 4.78 is 53.4. The Morgan fingerprint density at radius 1 is 0.935 bits per heavy atom. The first-order valence-corrected chi connectivity index (χ1v) is 13.1. The van der Waals surface area contributed by atoms with Gasteiger partial charge in [-0.05, 0) is 55.3 Å². The van der Waals surface area contributed by atoms with Gasteiger partial charge in [-0.15, -0.1) is 0 Å². The van der Waals surface area contributed by atoms with E-state index in [9.17, 15) is 21.6 Å². The third kappa shape index (κ3) is 4.98. The molecule has 0 radical (unpaired) electrons. The molecule has 0 saturated carbocycles. The van der Waals surface area contributed by atoms with E-state index in [2.05, 4.69) is 5.32 Å². The predicted octanol–water partition coefficient (Wildman–Crippen LogP) is 2.75. The maximum atomic E-state index is 12.7. The molecule has 1 aliphatic heterocycles. The van der Waals surface area contributed by atoms with Gasteiger partial charge in [0.25, 0.3) is 5.91 Å². The number of amides is 1. The van der Waals surface area contributed by atoms with Crippen molar-refractivity contribution < 1.29 is 21.6 Å². The van der Waals surface area contributed by atoms with Crippen LogP contribution in [0.25, 0.3) is 0 Å². The molecule has 1 fully saturated rings. The first-order chi connectivity index (χ1) is 14.7. The van der Waals surface area contributed by atoms with Gasteiger partial charge in [0.1, 0.15) is 0 Å². The average molecular weight is 466 g/mol. The van der Waals surface area contributed by atoms with Gasteiger partial charge >= 0.3 is 0 Å². The summed E-state index contributed by atoms with van der Waals surface area (Å²) in [5.41, 5.74) is 0.622. The molecule has 1 saturated heterocycles. The Hall–Kier alpha value is -2.27. The molecule has 0 aliphatic carbocycles. The van der Waals surface area contributed by atoms with Gasteiger partial charge in [0, 0.05) is 37.4 Å². The number of hydrogen-bond donors (Lipinski definition) is 1. The zero-order valence-corrected chi connectivity index (χ0v) is 19.2. The Morgan fingerprint density at radius 3 is 2.13 bits per heavy atom. The minimum Gasteiger partial charge on any atom is -0.322 e. The van der Waals surface area contributed by atoms with Gasteiger partial charge < -0.3 is 5.32 Å². The van der Waals surface area contributed by atoms with E-state index in [4.69, 9.17) is 0 Å². The fourth-order valence-electron chi connectivity index (χ4n) is 3.50. The van der Waals surface area contributed by atoms with Gasteiger partial charge in [0.05, 0.1) is 9.79 Å². The van der Waals surface area contributed by atoms with E-state index in [1.54, 1.807) is 13.8 Å². The second-order valence-corrected chi connectivity index (χ2v) is 11.1. The molecule has 1 N–H and O–H groups in total. The predicted molar refractivity (Wildman–Crippen MR) is 119 cm³/mol. The van der Waals surface area contributed by atoms with Crippen molar-refractivity contribution in [1.82, 2.24) is 8.61 Å². The maximum Gasteiger partial charge on any atom is 0.255 e. The number of hydrogen-bond acceptors (Lipinski definition) is 5. The van der Waals surface area contributed by atoms with Gasteiger partial charge in [0.15, 0.2) is 0 Å². The molecule has 1 aliphatic rings. The molecule has 0 spiro atoms. The number of anilines is 1. The monoisotopic (exact) mass is 465 g/mol. The van der Waals surface area contributed by atoms with Gasteiger partial charge in [-0.3, -0.25) is 4.79 Å². The highest BCUT2D eigenvalue weighted by atomic mass is 32.2. The number of benzene rings is 2. The second kappa shape index (κ2) is 9.47. The van der Waals surface area contributed by atoms with E-state index in [-0.39, 0.29) is 15.4 Å². The standard InChI is InChI=1S/C21H27N3O5S2/c1-3-23(4-2)30(26,27)19-12-10-18(11-13-19)22-21(25)17-8-7-9-20(16-17)31(28,29)24-14-5-6-15-24/h7-13,16H,3-6,14-15H2,1-2H3,(H,22,25). The molecule has 10 heteroatoms. The first-order valence-electron chi connectivity index (χ1n) is 10.2. The normalized spacial score (nSPS) is 15.3. The lowest BCUT2D eigenvalue weighted by atomic mass is 10.2. The molecule has 2 aromatic carbocycles. The maximum absolute atomic E-state index is 12.7. The van der Waals surface area contributed by atoms with Crippen molar-refractivity contribution in [2.45, 2.75) is 36.5 Å². The Kier molecular flexibility index (Phi) is 7.15. The van der Waals surface area contributed by atoms with Crippen molar-refractivity contribution in [2.24, 2.45) is 0 Å². The van der Waals surface area contributed by atoms with Crippen molar-refractivity contribution in [3.05, 3.63) is 54.1 Å². The molecular formula is C21H27N3O5S2. The van der Waals surface area contributed by atoms with E-state index in [1.807, 2.05) is 0 Å². The molecule has 3 rings (SSSR count). The molecule has 0 aromatic heterocycles. The fourth-order valence-corrected chi connectivity index (χ4v) is 6.52. The second-order valence-electron chi connectivity index (χ2n) is 7.21. The van der Waals surface area contributed by atoms with Crippen molar-refractivity contribution in [3.8, 4) is 0 Å². The summed E-state index contributed by atoms with van der Waals surface area (Å²) in [6.45, 7) is 5.26. The van der Waals surface area contributed by atoms with E-state index < -0.39 is 26.0 Å².